The van der Waals surface area contributed by atoms with Gasteiger partial charge in [-0.05, 0) is 39.0 Å². The van der Waals surface area contributed by atoms with Gasteiger partial charge < -0.3 is 14.6 Å². The third-order valence-corrected chi connectivity index (χ3v) is 4.80. The van der Waals surface area contributed by atoms with Crippen LogP contribution in [0.1, 0.15) is 53.9 Å². The average molecular weight is 296 g/mol. The first kappa shape index (κ1) is 16.5. The van der Waals surface area contributed by atoms with Crippen LogP contribution in [0.2, 0.25) is 0 Å². The fraction of sp³-hybridized carbons (Fsp3) is 0.824. The average Bonchev–Trinajstić information content (AvgIpc) is 2.98. The third-order valence-electron chi connectivity index (χ3n) is 4.80. The number of esters is 1. The molecule has 0 spiro atoms. The smallest absolute Gasteiger partial charge is 0.303 e. The molecule has 1 N–H and O–H groups in total. The molecule has 1 saturated heterocycles. The molecule has 0 saturated carbocycles. The van der Waals surface area contributed by atoms with Gasteiger partial charge in [0.2, 0.25) is 0 Å². The van der Waals surface area contributed by atoms with Gasteiger partial charge in [0.05, 0.1) is 11.7 Å². The molecule has 4 heteroatoms. The van der Waals surface area contributed by atoms with E-state index in [-0.39, 0.29) is 35.6 Å². The number of allylic oxidation sites excluding steroid dienone is 1. The normalized spacial score (nSPS) is 42.7. The third kappa shape index (κ3) is 3.67. The van der Waals surface area contributed by atoms with E-state index >= 15 is 0 Å². The molecule has 0 aromatic heterocycles. The van der Waals surface area contributed by atoms with Crippen molar-refractivity contribution in [1.82, 2.24) is 0 Å². The second-order valence-corrected chi connectivity index (χ2v) is 7.11. The Morgan fingerprint density at radius 2 is 2.19 bits per heavy atom. The van der Waals surface area contributed by atoms with Crippen molar-refractivity contribution < 1.29 is 19.4 Å². The van der Waals surface area contributed by atoms with Gasteiger partial charge in [-0.15, -0.1) is 0 Å². The van der Waals surface area contributed by atoms with Crippen molar-refractivity contribution in [2.24, 2.45) is 11.8 Å². The highest BCUT2D eigenvalue weighted by Gasteiger charge is 2.59. The van der Waals surface area contributed by atoms with Crippen molar-refractivity contribution in [3.8, 4) is 0 Å². The lowest BCUT2D eigenvalue weighted by Crippen LogP contribution is -2.43. The standard InChI is InChI=1S/C17H28O4/c1-10(2)14-13(19)9-11(3)7-6-8-17(5)16(21-17)15(14)20-12(4)18/h7,10,13-16,19H,6,8-9H2,1-5H3/b11-7+/t13-,14-,15-,16-,17-/m1/s1. The zero-order valence-corrected chi connectivity index (χ0v) is 13.8. The maximum atomic E-state index is 11.5. The molecule has 0 aromatic rings. The zero-order valence-electron chi connectivity index (χ0n) is 13.8. The fourth-order valence-corrected chi connectivity index (χ4v) is 3.60. The van der Waals surface area contributed by atoms with Crippen molar-refractivity contribution in [3.63, 3.8) is 0 Å². The van der Waals surface area contributed by atoms with Crippen LogP contribution in [0.15, 0.2) is 11.6 Å². The summed E-state index contributed by atoms with van der Waals surface area (Å²) in [5, 5.41) is 10.6. The first-order valence-electron chi connectivity index (χ1n) is 7.93. The van der Waals surface area contributed by atoms with Crippen LogP contribution in [-0.2, 0) is 14.3 Å². The van der Waals surface area contributed by atoms with E-state index in [0.29, 0.717) is 6.42 Å². The molecule has 5 atom stereocenters. The number of aliphatic hydroxyl groups excluding tert-OH is 1. The Balaban J connectivity index is 2.31. The summed E-state index contributed by atoms with van der Waals surface area (Å²) in [5.74, 6) is -0.202. The van der Waals surface area contributed by atoms with E-state index in [1.165, 1.54) is 12.5 Å². The number of carbonyl (C=O) groups excluding carboxylic acids is 1. The number of hydrogen-bond acceptors (Lipinski definition) is 4. The summed E-state index contributed by atoms with van der Waals surface area (Å²) in [5.41, 5.74) is 0.957. The second-order valence-electron chi connectivity index (χ2n) is 7.11. The Bertz CT molecular complexity index is 429. The van der Waals surface area contributed by atoms with Crippen LogP contribution in [0, 0.1) is 11.8 Å². The number of ether oxygens (including phenoxy) is 2. The maximum Gasteiger partial charge on any atom is 0.303 e. The number of fused-ring (bicyclic) bond motifs is 1. The second kappa shape index (κ2) is 6.09. The summed E-state index contributed by atoms with van der Waals surface area (Å²) < 4.78 is 11.5. The van der Waals surface area contributed by atoms with Gasteiger partial charge in [-0.1, -0.05) is 25.5 Å². The highest BCUT2D eigenvalue weighted by Crippen LogP contribution is 2.47. The van der Waals surface area contributed by atoms with Crippen LogP contribution < -0.4 is 0 Å². The first-order valence-corrected chi connectivity index (χ1v) is 7.93. The fourth-order valence-electron chi connectivity index (χ4n) is 3.60. The molecule has 1 aliphatic carbocycles. The number of aliphatic hydroxyl groups is 1. The molecular weight excluding hydrogens is 268 g/mol. The number of epoxide rings is 1. The first-order chi connectivity index (χ1) is 9.74. The van der Waals surface area contributed by atoms with E-state index in [0.717, 1.165) is 12.8 Å². The van der Waals surface area contributed by atoms with E-state index in [1.807, 2.05) is 0 Å². The summed E-state index contributed by atoms with van der Waals surface area (Å²) in [7, 11) is 0. The molecule has 0 bridgehead atoms. The van der Waals surface area contributed by atoms with Gasteiger partial charge in [-0.3, -0.25) is 4.79 Å². The van der Waals surface area contributed by atoms with Crippen LogP contribution in [0.5, 0.6) is 0 Å². The molecule has 2 aliphatic rings. The van der Waals surface area contributed by atoms with Crippen LogP contribution >= 0.6 is 0 Å². The monoisotopic (exact) mass is 296 g/mol. The van der Waals surface area contributed by atoms with Crippen molar-refractivity contribution in [3.05, 3.63) is 11.6 Å². The quantitative estimate of drug-likeness (QED) is 0.483. The van der Waals surface area contributed by atoms with Crippen molar-refractivity contribution in [2.45, 2.75) is 77.8 Å². The highest BCUT2D eigenvalue weighted by molar-refractivity contribution is 5.66. The molecule has 1 heterocycles. The summed E-state index contributed by atoms with van der Waals surface area (Å²) in [4.78, 5) is 11.5. The van der Waals surface area contributed by atoms with E-state index in [1.54, 1.807) is 0 Å². The summed E-state index contributed by atoms with van der Waals surface area (Å²) in [6.45, 7) is 9.68. The topological polar surface area (TPSA) is 59.1 Å². The molecule has 2 rings (SSSR count). The molecule has 1 fully saturated rings. The molecule has 0 aromatic carbocycles. The summed E-state index contributed by atoms with van der Waals surface area (Å²) in [6.07, 6.45) is 3.69. The van der Waals surface area contributed by atoms with Gasteiger partial charge in [-0.2, -0.15) is 0 Å². The Morgan fingerprint density at radius 1 is 1.52 bits per heavy atom. The van der Waals surface area contributed by atoms with Crippen molar-refractivity contribution >= 4 is 5.97 Å². The van der Waals surface area contributed by atoms with E-state index in [4.69, 9.17) is 9.47 Å². The molecular formula is C17H28O4. The zero-order chi connectivity index (χ0) is 15.8. The molecule has 1 aliphatic heterocycles. The van der Waals surface area contributed by atoms with Crippen LogP contribution in [-0.4, -0.2) is 35.0 Å². The summed E-state index contributed by atoms with van der Waals surface area (Å²) >= 11 is 0. The molecule has 120 valence electrons. The van der Waals surface area contributed by atoms with Gasteiger partial charge in [-0.25, -0.2) is 0 Å². The minimum Gasteiger partial charge on any atom is -0.459 e. The van der Waals surface area contributed by atoms with Crippen molar-refractivity contribution in [2.75, 3.05) is 0 Å². The highest BCUT2D eigenvalue weighted by atomic mass is 16.6. The largest absolute Gasteiger partial charge is 0.459 e. The minimum absolute atomic E-state index is 0.102. The van der Waals surface area contributed by atoms with Gasteiger partial charge in [0.15, 0.2) is 0 Å². The minimum atomic E-state index is -0.517. The summed E-state index contributed by atoms with van der Waals surface area (Å²) in [6, 6.07) is 0. The lowest BCUT2D eigenvalue weighted by molar-refractivity contribution is -0.155. The molecule has 4 nitrogen and oxygen atoms in total. The lowest BCUT2D eigenvalue weighted by atomic mass is 9.78. The van der Waals surface area contributed by atoms with Gasteiger partial charge in [0.25, 0.3) is 0 Å². The Kier molecular flexibility index (Phi) is 4.79. The SMILES string of the molecule is CC(=O)O[C@@H]1[C@H](C(C)C)[C@H](O)C/C(C)=C/CC[C@@]2(C)O[C@H]12. The number of carbonyl (C=O) groups is 1. The Hall–Kier alpha value is -0.870. The van der Waals surface area contributed by atoms with Gasteiger partial charge in [0.1, 0.15) is 12.2 Å². The van der Waals surface area contributed by atoms with Crippen LogP contribution in [0.4, 0.5) is 0 Å². The molecule has 0 unspecified atom stereocenters. The number of rotatable bonds is 2. The predicted molar refractivity (Wildman–Crippen MR) is 80.8 cm³/mol. The van der Waals surface area contributed by atoms with E-state index < -0.39 is 6.10 Å². The molecule has 0 radical (unpaired) electrons. The lowest BCUT2D eigenvalue weighted by Gasteiger charge is -2.34. The number of hydrogen-bond donors (Lipinski definition) is 1. The van der Waals surface area contributed by atoms with Gasteiger partial charge >= 0.3 is 5.97 Å². The maximum absolute atomic E-state index is 11.5. The molecule has 21 heavy (non-hydrogen) atoms. The Labute approximate surface area is 127 Å². The van der Waals surface area contributed by atoms with Crippen LogP contribution in [0.3, 0.4) is 0 Å². The van der Waals surface area contributed by atoms with Crippen LogP contribution in [0.25, 0.3) is 0 Å². The van der Waals surface area contributed by atoms with Gasteiger partial charge in [0, 0.05) is 12.8 Å². The molecule has 0 amide bonds. The predicted octanol–water partition coefficient (Wildman–Crippen LogP) is 2.84. The Morgan fingerprint density at radius 3 is 2.76 bits per heavy atom. The van der Waals surface area contributed by atoms with E-state index in [2.05, 4.69) is 33.8 Å². The van der Waals surface area contributed by atoms with Crippen molar-refractivity contribution in [1.29, 1.82) is 0 Å². The van der Waals surface area contributed by atoms with E-state index in [9.17, 15) is 9.90 Å².